The van der Waals surface area contributed by atoms with Crippen LogP contribution >= 0.6 is 0 Å². The molecular weight excluding hydrogens is 283 g/mol. The van der Waals surface area contributed by atoms with E-state index in [-0.39, 0.29) is 6.61 Å². The van der Waals surface area contributed by atoms with Gasteiger partial charge in [0.25, 0.3) is 0 Å². The molecule has 0 amide bonds. The first-order chi connectivity index (χ1) is 10.2. The second-order valence-electron chi connectivity index (χ2n) is 6.48. The molecule has 0 aromatic heterocycles. The topological polar surface area (TPSA) is 54.0 Å². The minimum absolute atomic E-state index is 0.121. The number of methoxy groups -OCH3 is 1. The first kappa shape index (κ1) is 16.8. The Balaban J connectivity index is 2.18. The van der Waals surface area contributed by atoms with Crippen LogP contribution in [0.3, 0.4) is 0 Å². The lowest BCUT2D eigenvalue weighted by atomic mass is 9.78. The Bertz CT molecular complexity index is 552. The molecule has 120 valence electrons. The Morgan fingerprint density at radius 3 is 2.32 bits per heavy atom. The van der Waals surface area contributed by atoms with E-state index >= 15 is 0 Å². The number of carbonyl (C=O) groups excluding carboxylic acids is 1. The SMILES string of the molecule is COC(=O)COc1cc(B2OC(C)(C)C(C)(C)O2)ccc1C. The van der Waals surface area contributed by atoms with Crippen LogP contribution in [0.2, 0.25) is 0 Å². The third-order valence-electron chi connectivity index (χ3n) is 4.31. The lowest BCUT2D eigenvalue weighted by Gasteiger charge is -2.32. The zero-order valence-electron chi connectivity index (χ0n) is 14.1. The molecule has 1 aromatic rings. The van der Waals surface area contributed by atoms with Crippen molar-refractivity contribution in [3.63, 3.8) is 0 Å². The number of rotatable bonds is 4. The summed E-state index contributed by atoms with van der Waals surface area (Å²) in [5.41, 5.74) is 1.01. The van der Waals surface area contributed by atoms with Crippen molar-refractivity contribution in [1.82, 2.24) is 0 Å². The van der Waals surface area contributed by atoms with Gasteiger partial charge in [-0.2, -0.15) is 0 Å². The molecule has 0 radical (unpaired) electrons. The molecular formula is C16H23BO5. The Kier molecular flexibility index (Phi) is 4.54. The van der Waals surface area contributed by atoms with Crippen LogP contribution in [0.15, 0.2) is 18.2 Å². The normalized spacial score (nSPS) is 19.1. The molecule has 22 heavy (non-hydrogen) atoms. The molecule has 0 bridgehead atoms. The summed E-state index contributed by atoms with van der Waals surface area (Å²) in [4.78, 5) is 11.2. The number of hydrogen-bond donors (Lipinski definition) is 0. The van der Waals surface area contributed by atoms with Crippen LogP contribution in [0, 0.1) is 6.92 Å². The molecule has 0 spiro atoms. The van der Waals surface area contributed by atoms with Crippen molar-refractivity contribution in [2.75, 3.05) is 13.7 Å². The quantitative estimate of drug-likeness (QED) is 0.627. The van der Waals surface area contributed by atoms with E-state index in [1.165, 1.54) is 7.11 Å². The van der Waals surface area contributed by atoms with Crippen molar-refractivity contribution in [3.8, 4) is 5.75 Å². The van der Waals surface area contributed by atoms with Gasteiger partial charge in [-0.1, -0.05) is 12.1 Å². The van der Waals surface area contributed by atoms with Gasteiger partial charge in [0.05, 0.1) is 18.3 Å². The largest absolute Gasteiger partial charge is 0.494 e. The van der Waals surface area contributed by atoms with E-state index in [1.54, 1.807) is 0 Å². The van der Waals surface area contributed by atoms with Gasteiger partial charge in [0.15, 0.2) is 6.61 Å². The fourth-order valence-electron chi connectivity index (χ4n) is 2.09. The zero-order chi connectivity index (χ0) is 16.5. The Morgan fingerprint density at radius 2 is 1.77 bits per heavy atom. The summed E-state index contributed by atoms with van der Waals surface area (Å²) in [5, 5.41) is 0. The molecule has 1 aromatic carbocycles. The maximum Gasteiger partial charge on any atom is 0.494 e. The van der Waals surface area contributed by atoms with Crippen molar-refractivity contribution in [1.29, 1.82) is 0 Å². The van der Waals surface area contributed by atoms with Crippen molar-refractivity contribution in [3.05, 3.63) is 23.8 Å². The number of benzene rings is 1. The van der Waals surface area contributed by atoms with Crippen LogP contribution < -0.4 is 10.2 Å². The molecule has 0 aliphatic carbocycles. The molecule has 1 fully saturated rings. The average molecular weight is 306 g/mol. The van der Waals surface area contributed by atoms with Crippen LogP contribution in [-0.4, -0.2) is 38.0 Å². The summed E-state index contributed by atoms with van der Waals surface area (Å²) in [7, 11) is 0.880. The number of carbonyl (C=O) groups is 1. The number of hydrogen-bond acceptors (Lipinski definition) is 5. The highest BCUT2D eigenvalue weighted by molar-refractivity contribution is 6.62. The molecule has 0 unspecified atom stereocenters. The fraction of sp³-hybridized carbons (Fsp3) is 0.562. The number of ether oxygens (including phenoxy) is 2. The lowest BCUT2D eigenvalue weighted by Crippen LogP contribution is -2.41. The number of aryl methyl sites for hydroxylation is 1. The number of esters is 1. The highest BCUT2D eigenvalue weighted by atomic mass is 16.7. The third-order valence-corrected chi connectivity index (χ3v) is 4.31. The van der Waals surface area contributed by atoms with Gasteiger partial charge in [-0.3, -0.25) is 0 Å². The van der Waals surface area contributed by atoms with Gasteiger partial charge in [0.1, 0.15) is 5.75 Å². The van der Waals surface area contributed by atoms with E-state index in [1.807, 2.05) is 52.8 Å². The van der Waals surface area contributed by atoms with E-state index in [0.717, 1.165) is 11.0 Å². The van der Waals surface area contributed by atoms with E-state index in [9.17, 15) is 4.79 Å². The fourth-order valence-corrected chi connectivity index (χ4v) is 2.09. The van der Waals surface area contributed by atoms with Crippen molar-refractivity contribution >= 4 is 18.6 Å². The summed E-state index contributed by atoms with van der Waals surface area (Å²) in [5.74, 6) is 0.207. The third kappa shape index (κ3) is 3.28. The maximum absolute atomic E-state index is 11.2. The van der Waals surface area contributed by atoms with E-state index in [2.05, 4.69) is 4.74 Å². The van der Waals surface area contributed by atoms with E-state index in [4.69, 9.17) is 14.0 Å². The van der Waals surface area contributed by atoms with Gasteiger partial charge in [0, 0.05) is 0 Å². The van der Waals surface area contributed by atoms with E-state index < -0.39 is 24.3 Å². The van der Waals surface area contributed by atoms with Gasteiger partial charge in [-0.15, -0.1) is 0 Å². The first-order valence-electron chi connectivity index (χ1n) is 7.32. The second kappa shape index (κ2) is 5.93. The summed E-state index contributed by atoms with van der Waals surface area (Å²) in [6.45, 7) is 9.84. The van der Waals surface area contributed by atoms with Crippen LogP contribution in [0.1, 0.15) is 33.3 Å². The maximum atomic E-state index is 11.2. The Hall–Kier alpha value is -1.53. The molecule has 5 nitrogen and oxygen atoms in total. The Morgan fingerprint density at radius 1 is 1.18 bits per heavy atom. The predicted octanol–water partition coefficient (Wildman–Crippen LogP) is 1.85. The summed E-state index contributed by atoms with van der Waals surface area (Å²) in [6, 6.07) is 5.72. The van der Waals surface area contributed by atoms with Gasteiger partial charge >= 0.3 is 13.1 Å². The minimum Gasteiger partial charge on any atom is -0.482 e. The van der Waals surface area contributed by atoms with Crippen molar-refractivity contribution < 1.29 is 23.6 Å². The molecule has 1 saturated heterocycles. The monoisotopic (exact) mass is 306 g/mol. The smallest absolute Gasteiger partial charge is 0.482 e. The average Bonchev–Trinajstić information content (AvgIpc) is 2.66. The van der Waals surface area contributed by atoms with E-state index in [0.29, 0.717) is 5.75 Å². The molecule has 0 saturated carbocycles. The van der Waals surface area contributed by atoms with Crippen molar-refractivity contribution in [2.24, 2.45) is 0 Å². The molecule has 0 N–H and O–H groups in total. The van der Waals surface area contributed by atoms with Gasteiger partial charge in [-0.25, -0.2) is 4.79 Å². The second-order valence-corrected chi connectivity index (χ2v) is 6.48. The van der Waals surface area contributed by atoms with Crippen LogP contribution in [0.25, 0.3) is 0 Å². The first-order valence-corrected chi connectivity index (χ1v) is 7.32. The predicted molar refractivity (Wildman–Crippen MR) is 84.4 cm³/mol. The summed E-state index contributed by atoms with van der Waals surface area (Å²) >= 11 is 0. The molecule has 1 aliphatic heterocycles. The van der Waals surface area contributed by atoms with Crippen LogP contribution in [0.4, 0.5) is 0 Å². The Labute approximate surface area is 132 Å². The highest BCUT2D eigenvalue weighted by Crippen LogP contribution is 2.36. The molecule has 6 heteroatoms. The summed E-state index contributed by atoms with van der Waals surface area (Å²) < 4.78 is 22.1. The van der Waals surface area contributed by atoms with Gasteiger partial charge in [-0.05, 0) is 51.7 Å². The van der Waals surface area contributed by atoms with Crippen LogP contribution in [-0.2, 0) is 18.8 Å². The minimum atomic E-state index is -0.453. The van der Waals surface area contributed by atoms with Crippen LogP contribution in [0.5, 0.6) is 5.75 Å². The molecule has 1 aliphatic rings. The highest BCUT2D eigenvalue weighted by Gasteiger charge is 2.51. The molecule has 1 heterocycles. The van der Waals surface area contributed by atoms with Gasteiger partial charge in [0.2, 0.25) is 0 Å². The lowest BCUT2D eigenvalue weighted by molar-refractivity contribution is -0.142. The summed E-state index contributed by atoms with van der Waals surface area (Å²) in [6.07, 6.45) is 0. The molecule has 0 atom stereocenters. The standard InChI is InChI=1S/C16H23BO5/c1-11-7-8-12(9-13(11)20-10-14(18)19-6)17-21-15(2,3)16(4,5)22-17/h7-9H,10H2,1-6H3. The zero-order valence-corrected chi connectivity index (χ0v) is 14.1. The van der Waals surface area contributed by atoms with Gasteiger partial charge < -0.3 is 18.8 Å². The van der Waals surface area contributed by atoms with Crippen molar-refractivity contribution in [2.45, 2.75) is 45.8 Å². The molecule has 2 rings (SSSR count).